The fourth-order valence-electron chi connectivity index (χ4n) is 2.78. The zero-order chi connectivity index (χ0) is 23.2. The Morgan fingerprint density at radius 2 is 1.97 bits per heavy atom. The van der Waals surface area contributed by atoms with Crippen molar-refractivity contribution in [1.29, 1.82) is 0 Å². The summed E-state index contributed by atoms with van der Waals surface area (Å²) in [6.45, 7) is -1.05. The van der Waals surface area contributed by atoms with Crippen LogP contribution in [0.3, 0.4) is 0 Å². The van der Waals surface area contributed by atoms with Gasteiger partial charge >= 0.3 is 173 Å². The van der Waals surface area contributed by atoms with Gasteiger partial charge in [0.25, 0.3) is 0 Å². The van der Waals surface area contributed by atoms with E-state index in [0.29, 0.717) is 0 Å². The number of phosphoric acid groups is 2. The number of nitrogens with two attached hydrogens (primary N) is 1. The van der Waals surface area contributed by atoms with Crippen molar-refractivity contribution in [2.45, 2.75) is 24.5 Å². The third-order valence-electron chi connectivity index (χ3n) is 3.87. The number of nitrogens with zero attached hydrogens (tertiary/aromatic N) is 3. The molecule has 0 aromatic carbocycles. The summed E-state index contributed by atoms with van der Waals surface area (Å²) in [6.07, 6.45) is -4.36. The molecule has 2 aromatic heterocycles. The summed E-state index contributed by atoms with van der Waals surface area (Å²) in [5.41, 5.74) is 6.07. The van der Waals surface area contributed by atoms with Gasteiger partial charge in [-0.2, -0.15) is 0 Å². The van der Waals surface area contributed by atoms with Gasteiger partial charge in [0, 0.05) is 0 Å². The molecule has 0 saturated carbocycles. The fourth-order valence-corrected chi connectivity index (χ4v) is 5.74. The van der Waals surface area contributed by atoms with Crippen LogP contribution < -0.4 is 10.3 Å². The van der Waals surface area contributed by atoms with E-state index < -0.39 is 60.2 Å². The summed E-state index contributed by atoms with van der Waals surface area (Å²) in [4.78, 5) is 38.1. The molecule has 21 heteroatoms. The molecule has 1 saturated heterocycles. The number of phosphoric ester groups is 2. The van der Waals surface area contributed by atoms with Crippen molar-refractivity contribution in [3.63, 3.8) is 0 Å². The number of imidazole rings is 1. The second-order valence-corrected chi connectivity index (χ2v) is 11.3. The van der Waals surface area contributed by atoms with Crippen LogP contribution in [-0.4, -0.2) is 77.2 Å². The molecule has 0 spiro atoms. The van der Waals surface area contributed by atoms with Crippen molar-refractivity contribution in [1.82, 2.24) is 15.0 Å². The van der Waals surface area contributed by atoms with E-state index in [4.69, 9.17) is 24.4 Å². The Bertz CT molecular complexity index is 1170. The van der Waals surface area contributed by atoms with Gasteiger partial charge in [-0.05, 0) is 0 Å². The molecule has 5 unspecified atom stereocenters. The molecule has 31 heavy (non-hydrogen) atoms. The molecule has 3 rings (SSSR count). The number of ether oxygens (including phenoxy) is 1. The number of fused-ring (bicyclic) bond motifs is 1. The summed E-state index contributed by atoms with van der Waals surface area (Å²) < 4.78 is 71.9. The molecule has 1 aliphatic rings. The van der Waals surface area contributed by atoms with Crippen molar-refractivity contribution < 1.29 is 62.7 Å². The third-order valence-corrected chi connectivity index (χ3v) is 7.62. The molecule has 1 fully saturated rings. The number of aliphatic hydroxyl groups is 1. The first-order valence-corrected chi connectivity index (χ1v) is 13.8. The van der Waals surface area contributed by atoms with Gasteiger partial charge in [-0.25, -0.2) is 0 Å². The van der Waals surface area contributed by atoms with Gasteiger partial charge in [0.05, 0.1) is 0 Å². The van der Waals surface area contributed by atoms with Crippen LogP contribution in [0.5, 0.6) is 0 Å². The topological polar surface area (TPSA) is 278 Å². The molecule has 2 aromatic rings. The van der Waals surface area contributed by atoms with E-state index in [1.165, 1.54) is 6.33 Å². The summed E-state index contributed by atoms with van der Waals surface area (Å²) in [7, 11) is -10.6. The quantitative estimate of drug-likeness (QED) is 0.0970. The van der Waals surface area contributed by atoms with Crippen molar-refractivity contribution in [2.24, 2.45) is 0 Å². The maximum absolute atomic E-state index is 11.6. The number of aromatic nitrogens is 4. The molecule has 1 aliphatic heterocycles. The number of H-pyrrole nitrogens is 1. The second kappa shape index (κ2) is 8.49. The number of aliphatic hydroxyl groups excluding tert-OH is 1. The summed E-state index contributed by atoms with van der Waals surface area (Å²) in [5.74, 6) is 0.0462. The molecule has 0 amide bonds. The Labute approximate surface area is 173 Å². The van der Waals surface area contributed by atoms with Crippen molar-refractivity contribution in [2.75, 3.05) is 12.3 Å². The average molecular weight is 555 g/mol. The first-order chi connectivity index (χ1) is 14.2. The van der Waals surface area contributed by atoms with Gasteiger partial charge in [-0.15, -0.1) is 0 Å². The van der Waals surface area contributed by atoms with E-state index in [9.17, 15) is 26.8 Å². The molecule has 0 bridgehead atoms. The van der Waals surface area contributed by atoms with Gasteiger partial charge in [0.15, 0.2) is 0 Å². The maximum atomic E-state index is 11.6. The Morgan fingerprint density at radius 3 is 2.58 bits per heavy atom. The zero-order valence-electron chi connectivity index (χ0n) is 14.9. The number of hydrogen-bond donors (Lipinski definition) is 7. The molecule has 3 heterocycles. The van der Waals surface area contributed by atoms with Crippen LogP contribution in [0.2, 0.25) is 0 Å². The number of rotatable bonds is 8. The monoisotopic (exact) mass is 556 g/mol. The van der Waals surface area contributed by atoms with Crippen LogP contribution >= 0.6 is 15.6 Å². The normalized spacial score (nSPS) is 26.9. The van der Waals surface area contributed by atoms with Crippen LogP contribution in [0.1, 0.15) is 6.23 Å². The Morgan fingerprint density at radius 1 is 1.29 bits per heavy atom. The minimum atomic E-state index is -6.13. The minimum absolute atomic E-state index is 0.0462. The van der Waals surface area contributed by atoms with Crippen molar-refractivity contribution in [3.8, 4) is 0 Å². The predicted octanol–water partition coefficient (Wildman–Crippen LogP) is -3.01. The Balaban J connectivity index is 1.89. The number of nitrogens with one attached hydrogen (secondary N) is 1. The standard InChI is InChI=1S/C10H15N5O13P2Se/c11-8-5-9(13-2-12-5)15(3-14-8)10-6(16)7(27-29(17,18)19)4(26-10)1-25-30(20,21)28-31(22,23)24/h2-4,6-7,10,16H,1H2,(H6,11,12,13,17,18,19,20,21,22,23,24)/p+1. The van der Waals surface area contributed by atoms with Crippen molar-refractivity contribution in [3.05, 3.63) is 12.7 Å². The van der Waals surface area contributed by atoms with E-state index in [-0.39, 0.29) is 17.0 Å². The molecular weight excluding hydrogens is 539 g/mol. The molecule has 18 nitrogen and oxygen atoms in total. The molecule has 8 N–H and O–H groups in total. The molecule has 5 atom stereocenters. The molecule has 0 aliphatic carbocycles. The summed E-state index contributed by atoms with van der Waals surface area (Å²) in [5, 5.41) is 10.6. The number of aromatic amines is 1. The van der Waals surface area contributed by atoms with E-state index in [0.717, 1.165) is 10.9 Å². The number of nitrogen functional groups attached to an aromatic ring is 1. The second-order valence-electron chi connectivity index (χ2n) is 6.02. The zero-order valence-corrected chi connectivity index (χ0v) is 18.4. The number of hydrogen-bond acceptors (Lipinski definition) is 12. The first kappa shape index (κ1) is 24.2. The van der Waals surface area contributed by atoms with Gasteiger partial charge in [-0.3, -0.25) is 0 Å². The molecule has 0 radical (unpaired) electrons. The van der Waals surface area contributed by atoms with Gasteiger partial charge < -0.3 is 0 Å². The Kier molecular flexibility index (Phi) is 6.63. The molecule has 174 valence electrons. The first-order valence-electron chi connectivity index (χ1n) is 7.89. The summed E-state index contributed by atoms with van der Waals surface area (Å²) >= 11 is -6.13. The van der Waals surface area contributed by atoms with E-state index in [1.807, 2.05) is 0 Å². The third kappa shape index (κ3) is 5.88. The fraction of sp³-hybridized carbons (Fsp3) is 0.500. The van der Waals surface area contributed by atoms with Crippen LogP contribution in [0.4, 0.5) is 5.82 Å². The van der Waals surface area contributed by atoms with Crippen LogP contribution in [-0.2, 0) is 34.2 Å². The SMILES string of the molecule is Nc1nc[n+](C2OC(COP(=O)(O)O[Se](=O)(=O)O)C(OP(=O)(O)O)C2O)c2nc[nH]c12. The number of anilines is 1. The van der Waals surface area contributed by atoms with E-state index in [2.05, 4.69) is 27.6 Å². The van der Waals surface area contributed by atoms with E-state index >= 15 is 0 Å². The van der Waals surface area contributed by atoms with Crippen molar-refractivity contribution >= 4 is 46.0 Å². The van der Waals surface area contributed by atoms with Gasteiger partial charge in [0.1, 0.15) is 0 Å². The van der Waals surface area contributed by atoms with Crippen LogP contribution in [0.15, 0.2) is 12.7 Å². The molecular formula is C10H16N5O13P2Se+. The van der Waals surface area contributed by atoms with Crippen LogP contribution in [0.25, 0.3) is 11.2 Å². The summed E-state index contributed by atoms with van der Waals surface area (Å²) in [6, 6.07) is 0. The average Bonchev–Trinajstić information content (AvgIpc) is 3.18. The van der Waals surface area contributed by atoms with E-state index in [1.54, 1.807) is 0 Å². The van der Waals surface area contributed by atoms with Gasteiger partial charge in [-0.1, -0.05) is 0 Å². The predicted molar refractivity (Wildman–Crippen MR) is 91.5 cm³/mol. The van der Waals surface area contributed by atoms with Gasteiger partial charge in [0.2, 0.25) is 0 Å². The Hall–Kier alpha value is -1.43. The van der Waals surface area contributed by atoms with Crippen LogP contribution in [0, 0.1) is 0 Å².